The van der Waals surface area contributed by atoms with E-state index in [2.05, 4.69) is 17.4 Å². The molecule has 1 aromatic rings. The highest BCUT2D eigenvalue weighted by atomic mass is 35.5. The molecule has 2 fully saturated rings. The molecule has 0 unspecified atom stereocenters. The molecular weight excluding hydrogens is 218 g/mol. The molecule has 1 aromatic carbocycles. The minimum atomic E-state index is 0.760. The molecule has 86 valence electrons. The summed E-state index contributed by atoms with van der Waals surface area (Å²) in [6.45, 7) is 0.928. The van der Waals surface area contributed by atoms with E-state index in [4.69, 9.17) is 11.6 Å². The van der Waals surface area contributed by atoms with Gasteiger partial charge in [0.1, 0.15) is 0 Å². The quantitative estimate of drug-likeness (QED) is 0.822. The Balaban J connectivity index is 1.60. The molecule has 2 aliphatic carbocycles. The van der Waals surface area contributed by atoms with Crippen molar-refractivity contribution in [3.05, 3.63) is 34.9 Å². The summed E-state index contributed by atoms with van der Waals surface area (Å²) in [6, 6.07) is 8.90. The summed E-state index contributed by atoms with van der Waals surface area (Å²) in [7, 11) is 0. The van der Waals surface area contributed by atoms with E-state index in [9.17, 15) is 0 Å². The Morgan fingerprint density at radius 1 is 1.12 bits per heavy atom. The van der Waals surface area contributed by atoms with Crippen LogP contribution in [0.5, 0.6) is 0 Å². The van der Waals surface area contributed by atoms with Gasteiger partial charge in [0.2, 0.25) is 0 Å². The lowest BCUT2D eigenvalue weighted by molar-refractivity contribution is 0.416. The molecule has 0 aromatic heterocycles. The highest BCUT2D eigenvalue weighted by Gasteiger charge is 2.40. The highest BCUT2D eigenvalue weighted by Crippen LogP contribution is 2.44. The van der Waals surface area contributed by atoms with Gasteiger partial charge in [0.05, 0.1) is 0 Å². The largest absolute Gasteiger partial charge is 0.309 e. The molecular formula is C14H18ClN. The van der Waals surface area contributed by atoms with Crippen molar-refractivity contribution in [2.45, 2.75) is 38.3 Å². The molecule has 16 heavy (non-hydrogen) atoms. The molecule has 2 saturated carbocycles. The maximum absolute atomic E-state index is 6.16. The Labute approximate surface area is 102 Å². The number of hydrogen-bond donors (Lipinski definition) is 1. The minimum absolute atomic E-state index is 0.760. The number of halogens is 1. The van der Waals surface area contributed by atoms with Crippen LogP contribution in [0.4, 0.5) is 0 Å². The van der Waals surface area contributed by atoms with Crippen molar-refractivity contribution in [1.82, 2.24) is 5.32 Å². The van der Waals surface area contributed by atoms with E-state index in [1.54, 1.807) is 0 Å². The molecule has 0 radical (unpaired) electrons. The van der Waals surface area contributed by atoms with Crippen LogP contribution in [0.15, 0.2) is 24.3 Å². The molecule has 0 heterocycles. The Morgan fingerprint density at radius 2 is 1.75 bits per heavy atom. The predicted octanol–water partition coefficient (Wildman–Crippen LogP) is 3.62. The lowest BCUT2D eigenvalue weighted by atomic mass is 10.1. The Hall–Kier alpha value is -0.530. The van der Waals surface area contributed by atoms with Gasteiger partial charge in [-0.3, -0.25) is 0 Å². The van der Waals surface area contributed by atoms with Gasteiger partial charge in [-0.15, -0.1) is 0 Å². The van der Waals surface area contributed by atoms with Gasteiger partial charge in [0, 0.05) is 17.6 Å². The van der Waals surface area contributed by atoms with Gasteiger partial charge in [-0.25, -0.2) is 0 Å². The van der Waals surface area contributed by atoms with Gasteiger partial charge in [0.25, 0.3) is 0 Å². The Bertz CT molecular complexity index is 357. The third-order valence-electron chi connectivity index (χ3n) is 3.75. The SMILES string of the molecule is Clc1ccccc1CNC(C1CC1)C1CC1. The molecule has 3 rings (SSSR count). The summed E-state index contributed by atoms with van der Waals surface area (Å²) in [5, 5.41) is 4.61. The van der Waals surface area contributed by atoms with Gasteiger partial charge in [-0.1, -0.05) is 29.8 Å². The first-order chi connectivity index (χ1) is 7.84. The lowest BCUT2D eigenvalue weighted by Crippen LogP contribution is -2.32. The fraction of sp³-hybridized carbons (Fsp3) is 0.571. The molecule has 0 saturated heterocycles. The second kappa shape index (κ2) is 4.38. The Kier molecular flexibility index (Phi) is 2.91. The first-order valence-corrected chi connectivity index (χ1v) is 6.69. The van der Waals surface area contributed by atoms with Gasteiger partial charge in [0.15, 0.2) is 0 Å². The second-order valence-electron chi connectivity index (χ2n) is 5.17. The molecule has 0 aliphatic heterocycles. The lowest BCUT2D eigenvalue weighted by Gasteiger charge is -2.18. The standard InChI is InChI=1S/C14H18ClN/c15-13-4-2-1-3-12(13)9-16-14(10-5-6-10)11-7-8-11/h1-4,10-11,14,16H,5-9H2. The average molecular weight is 236 g/mol. The van der Waals surface area contributed by atoms with Crippen LogP contribution in [0.3, 0.4) is 0 Å². The molecule has 1 nitrogen and oxygen atoms in total. The van der Waals surface area contributed by atoms with Crippen LogP contribution in [0.25, 0.3) is 0 Å². The van der Waals surface area contributed by atoms with Crippen LogP contribution in [-0.4, -0.2) is 6.04 Å². The molecule has 1 N–H and O–H groups in total. The summed E-state index contributed by atoms with van der Waals surface area (Å²) >= 11 is 6.16. The number of rotatable bonds is 5. The van der Waals surface area contributed by atoms with Crippen molar-refractivity contribution in [3.63, 3.8) is 0 Å². The van der Waals surface area contributed by atoms with Crippen LogP contribution < -0.4 is 5.32 Å². The van der Waals surface area contributed by atoms with E-state index in [1.807, 2.05) is 12.1 Å². The fourth-order valence-corrected chi connectivity index (χ4v) is 2.70. The third-order valence-corrected chi connectivity index (χ3v) is 4.11. The van der Waals surface area contributed by atoms with Crippen molar-refractivity contribution >= 4 is 11.6 Å². The molecule has 0 atom stereocenters. The highest BCUT2D eigenvalue weighted by molar-refractivity contribution is 6.31. The van der Waals surface area contributed by atoms with Crippen molar-refractivity contribution in [2.24, 2.45) is 11.8 Å². The zero-order chi connectivity index (χ0) is 11.0. The summed E-state index contributed by atoms with van der Waals surface area (Å²) in [5.41, 5.74) is 1.23. The van der Waals surface area contributed by atoms with E-state index in [0.717, 1.165) is 29.4 Å². The van der Waals surface area contributed by atoms with E-state index in [-0.39, 0.29) is 0 Å². The summed E-state index contributed by atoms with van der Waals surface area (Å²) < 4.78 is 0. The van der Waals surface area contributed by atoms with Crippen LogP contribution >= 0.6 is 11.6 Å². The second-order valence-corrected chi connectivity index (χ2v) is 5.58. The van der Waals surface area contributed by atoms with Gasteiger partial charge in [-0.05, 0) is 49.1 Å². The maximum atomic E-state index is 6.16. The zero-order valence-electron chi connectivity index (χ0n) is 9.45. The molecule has 0 spiro atoms. The summed E-state index contributed by atoms with van der Waals surface area (Å²) in [4.78, 5) is 0. The smallest absolute Gasteiger partial charge is 0.0450 e. The van der Waals surface area contributed by atoms with E-state index in [0.29, 0.717) is 0 Å². The number of nitrogens with one attached hydrogen (secondary N) is 1. The maximum Gasteiger partial charge on any atom is 0.0450 e. The molecule has 0 amide bonds. The molecule has 2 aliphatic rings. The average Bonchev–Trinajstić information content (AvgIpc) is 3.15. The van der Waals surface area contributed by atoms with Crippen molar-refractivity contribution in [3.8, 4) is 0 Å². The number of hydrogen-bond acceptors (Lipinski definition) is 1. The van der Waals surface area contributed by atoms with E-state index >= 15 is 0 Å². The van der Waals surface area contributed by atoms with Crippen LogP contribution in [0.1, 0.15) is 31.2 Å². The monoisotopic (exact) mass is 235 g/mol. The van der Waals surface area contributed by atoms with Crippen LogP contribution in [0.2, 0.25) is 5.02 Å². The van der Waals surface area contributed by atoms with E-state index in [1.165, 1.54) is 31.2 Å². The molecule has 0 bridgehead atoms. The van der Waals surface area contributed by atoms with Gasteiger partial charge < -0.3 is 5.32 Å². The normalized spacial score (nSPS) is 20.4. The Morgan fingerprint density at radius 3 is 2.31 bits per heavy atom. The fourth-order valence-electron chi connectivity index (χ4n) is 2.50. The van der Waals surface area contributed by atoms with Crippen LogP contribution in [0, 0.1) is 11.8 Å². The van der Waals surface area contributed by atoms with Crippen molar-refractivity contribution in [2.75, 3.05) is 0 Å². The van der Waals surface area contributed by atoms with Crippen molar-refractivity contribution < 1.29 is 0 Å². The predicted molar refractivity (Wildman–Crippen MR) is 67.5 cm³/mol. The van der Waals surface area contributed by atoms with Gasteiger partial charge in [-0.2, -0.15) is 0 Å². The zero-order valence-corrected chi connectivity index (χ0v) is 10.2. The third kappa shape index (κ3) is 2.41. The van der Waals surface area contributed by atoms with Crippen molar-refractivity contribution in [1.29, 1.82) is 0 Å². The topological polar surface area (TPSA) is 12.0 Å². The summed E-state index contributed by atoms with van der Waals surface area (Å²) in [6.07, 6.45) is 5.71. The molecule has 2 heteroatoms. The minimum Gasteiger partial charge on any atom is -0.309 e. The number of benzene rings is 1. The first-order valence-electron chi connectivity index (χ1n) is 6.31. The summed E-state index contributed by atoms with van der Waals surface area (Å²) in [5.74, 6) is 1.91. The van der Waals surface area contributed by atoms with E-state index < -0.39 is 0 Å². The van der Waals surface area contributed by atoms with Gasteiger partial charge >= 0.3 is 0 Å². The first kappa shape index (κ1) is 10.6. The van der Waals surface area contributed by atoms with Crippen LogP contribution in [-0.2, 0) is 6.54 Å².